The number of hydrogen-bond donors (Lipinski definition) is 2. The molecule has 2 heteroatoms. The highest BCUT2D eigenvalue weighted by Gasteiger charge is 2.31. The molecule has 0 atom stereocenters. The van der Waals surface area contributed by atoms with Crippen molar-refractivity contribution in [2.24, 2.45) is 0 Å². The lowest BCUT2D eigenvalue weighted by Crippen LogP contribution is -2.05. The van der Waals surface area contributed by atoms with Crippen LogP contribution in [0.15, 0.2) is 146 Å². The van der Waals surface area contributed by atoms with Gasteiger partial charge in [-0.1, -0.05) is 146 Å². The van der Waals surface area contributed by atoms with Crippen LogP contribution in [0.25, 0.3) is 99.1 Å². The zero-order chi connectivity index (χ0) is 43.1. The summed E-state index contributed by atoms with van der Waals surface area (Å²) in [4.78, 5) is 0. The lowest BCUT2D eigenvalue weighted by Gasteiger charge is -2.29. The molecule has 0 aliphatic rings. The van der Waals surface area contributed by atoms with Crippen LogP contribution < -0.4 is 11.5 Å². The Labute approximate surface area is 365 Å². The van der Waals surface area contributed by atoms with E-state index >= 15 is 0 Å². The molecule has 0 amide bonds. The molecule has 10 aromatic carbocycles. The summed E-state index contributed by atoms with van der Waals surface area (Å²) >= 11 is 0. The Balaban J connectivity index is 1.58. The third-order valence-electron chi connectivity index (χ3n) is 13.9. The molecule has 0 saturated carbocycles. The Bertz CT molecular complexity index is 3380. The molecule has 62 heavy (non-hydrogen) atoms. The predicted molar refractivity (Wildman–Crippen MR) is 269 cm³/mol. The van der Waals surface area contributed by atoms with E-state index in [1.807, 2.05) is 0 Å². The maximum Gasteiger partial charge on any atom is 0.0486 e. The van der Waals surface area contributed by atoms with Crippen molar-refractivity contribution in [2.45, 2.75) is 55.4 Å². The Hall–Kier alpha value is -7.16. The largest absolute Gasteiger partial charge is 0.398 e. The highest BCUT2D eigenvalue weighted by molar-refractivity contribution is 6.41. The summed E-state index contributed by atoms with van der Waals surface area (Å²) in [7, 11) is 0. The fourth-order valence-corrected chi connectivity index (χ4v) is 9.93. The molecule has 0 unspecified atom stereocenters. The lowest BCUT2D eigenvalue weighted by atomic mass is 9.74. The van der Waals surface area contributed by atoms with Crippen molar-refractivity contribution in [3.8, 4) is 66.8 Å². The summed E-state index contributed by atoms with van der Waals surface area (Å²) in [5.41, 5.74) is 40.6. The van der Waals surface area contributed by atoms with Gasteiger partial charge in [-0.25, -0.2) is 0 Å². The van der Waals surface area contributed by atoms with Crippen LogP contribution in [-0.2, 0) is 0 Å². The molecule has 0 saturated heterocycles. The van der Waals surface area contributed by atoms with Crippen LogP contribution >= 0.6 is 0 Å². The maximum atomic E-state index is 8.00. The monoisotopic (exact) mass is 800 g/mol. The van der Waals surface area contributed by atoms with Gasteiger partial charge in [-0.2, -0.15) is 0 Å². The van der Waals surface area contributed by atoms with E-state index in [0.717, 1.165) is 105 Å². The van der Waals surface area contributed by atoms with Crippen LogP contribution in [0.4, 0.5) is 11.4 Å². The maximum absolute atomic E-state index is 8.00. The van der Waals surface area contributed by atoms with E-state index in [-0.39, 0.29) is 0 Å². The molecular weight excluding hydrogens is 749 g/mol. The summed E-state index contributed by atoms with van der Waals surface area (Å²) < 4.78 is 0. The minimum absolute atomic E-state index is 0.769. The molecular formula is C60H52N2. The van der Waals surface area contributed by atoms with Crippen molar-refractivity contribution in [3.05, 3.63) is 190 Å². The first kappa shape index (κ1) is 39.0. The molecule has 302 valence electrons. The van der Waals surface area contributed by atoms with Gasteiger partial charge in [0, 0.05) is 55.2 Å². The third-order valence-corrected chi connectivity index (χ3v) is 13.9. The third kappa shape index (κ3) is 6.00. The van der Waals surface area contributed by atoms with Crippen LogP contribution in [0.1, 0.15) is 44.5 Å². The first-order valence-electron chi connectivity index (χ1n) is 21.8. The minimum atomic E-state index is 0.769. The van der Waals surface area contributed by atoms with Gasteiger partial charge in [-0.05, 0) is 155 Å². The van der Waals surface area contributed by atoms with Gasteiger partial charge in [0.25, 0.3) is 0 Å². The summed E-state index contributed by atoms with van der Waals surface area (Å²) in [6, 6.07) is 53.8. The van der Waals surface area contributed by atoms with E-state index in [1.165, 1.54) is 49.9 Å². The lowest BCUT2D eigenvalue weighted by molar-refractivity contribution is 1.34. The smallest absolute Gasteiger partial charge is 0.0486 e. The first-order chi connectivity index (χ1) is 29.9. The van der Waals surface area contributed by atoms with Crippen molar-refractivity contribution in [2.75, 3.05) is 11.5 Å². The Morgan fingerprint density at radius 1 is 0.242 bits per heavy atom. The van der Waals surface area contributed by atoms with E-state index in [9.17, 15) is 0 Å². The summed E-state index contributed by atoms with van der Waals surface area (Å²) in [6.07, 6.45) is 0. The topological polar surface area (TPSA) is 52.0 Å². The fourth-order valence-electron chi connectivity index (χ4n) is 9.93. The molecule has 0 aliphatic heterocycles. The van der Waals surface area contributed by atoms with Crippen molar-refractivity contribution in [3.63, 3.8) is 0 Å². The molecule has 4 N–H and O–H groups in total. The zero-order valence-electron chi connectivity index (χ0n) is 37.0. The molecule has 10 rings (SSSR count). The zero-order valence-corrected chi connectivity index (χ0v) is 37.0. The second-order valence-electron chi connectivity index (χ2n) is 17.7. The number of benzene rings is 10. The molecule has 2 nitrogen and oxygen atoms in total. The number of rotatable bonds is 6. The van der Waals surface area contributed by atoms with Crippen molar-refractivity contribution < 1.29 is 0 Å². The Morgan fingerprint density at radius 3 is 1.02 bits per heavy atom. The quantitative estimate of drug-likeness (QED) is 0.130. The summed E-state index contributed by atoms with van der Waals surface area (Å²) in [5.74, 6) is 0. The Morgan fingerprint density at radius 2 is 0.581 bits per heavy atom. The van der Waals surface area contributed by atoms with Gasteiger partial charge in [0.15, 0.2) is 0 Å². The van der Waals surface area contributed by atoms with Crippen molar-refractivity contribution in [1.29, 1.82) is 0 Å². The average Bonchev–Trinajstić information content (AvgIpc) is 3.27. The average molecular weight is 801 g/mol. The van der Waals surface area contributed by atoms with E-state index in [2.05, 4.69) is 201 Å². The van der Waals surface area contributed by atoms with Crippen LogP contribution in [0.5, 0.6) is 0 Å². The van der Waals surface area contributed by atoms with Gasteiger partial charge in [0.2, 0.25) is 0 Å². The second kappa shape index (κ2) is 14.8. The van der Waals surface area contributed by atoms with Gasteiger partial charge >= 0.3 is 0 Å². The standard InChI is InChI=1S/C60H52N2/c1-33-19-23-43(29-37(33)5)51-52(44-24-20-34(2)38(6)30-44)58-55-47(49(41-15-11-9-12-16-41)53(60(58)62)45-25-21-35(3)39(7)31-45)27-28-48-56(55)57(51)50(42-17-13-10-14-18-42)54(59(48)61)46-26-22-36(4)40(8)32-46/h9-32H,61-62H2,1-8H3. The molecule has 0 aromatic heterocycles. The van der Waals surface area contributed by atoms with Crippen LogP contribution in [0.2, 0.25) is 0 Å². The van der Waals surface area contributed by atoms with Gasteiger partial charge in [0.05, 0.1) is 0 Å². The van der Waals surface area contributed by atoms with Gasteiger partial charge < -0.3 is 11.5 Å². The van der Waals surface area contributed by atoms with E-state index in [0.29, 0.717) is 0 Å². The van der Waals surface area contributed by atoms with Crippen molar-refractivity contribution >= 4 is 43.7 Å². The first-order valence-corrected chi connectivity index (χ1v) is 21.8. The second-order valence-corrected chi connectivity index (χ2v) is 17.7. The fraction of sp³-hybridized carbons (Fsp3) is 0.133. The van der Waals surface area contributed by atoms with Crippen LogP contribution in [-0.4, -0.2) is 0 Å². The van der Waals surface area contributed by atoms with Gasteiger partial charge in [-0.15, -0.1) is 0 Å². The highest BCUT2D eigenvalue weighted by atomic mass is 14.6. The number of hydrogen-bond acceptors (Lipinski definition) is 2. The SMILES string of the molecule is Cc1ccc(-c2c(-c3ccccc3)c3ccc4c(N)c(-c5ccc(C)c(C)c5)c(-c5ccccc5)c5c(-c6ccc(C)c(C)c6)c(-c6ccc(C)c(C)c6)c(c2N)c3c45)cc1C. The van der Waals surface area contributed by atoms with E-state index < -0.39 is 0 Å². The molecule has 0 fully saturated rings. The number of nitrogen functional groups attached to an aromatic ring is 2. The number of nitrogens with two attached hydrogens (primary N) is 2. The van der Waals surface area contributed by atoms with E-state index in [1.54, 1.807) is 0 Å². The van der Waals surface area contributed by atoms with E-state index in [4.69, 9.17) is 11.5 Å². The van der Waals surface area contributed by atoms with Crippen LogP contribution in [0, 0.1) is 55.4 Å². The Kier molecular flexibility index (Phi) is 9.30. The summed E-state index contributed by atoms with van der Waals surface area (Å²) in [6.45, 7) is 17.6. The van der Waals surface area contributed by atoms with Gasteiger partial charge in [0.1, 0.15) is 0 Å². The minimum Gasteiger partial charge on any atom is -0.398 e. The number of anilines is 2. The summed E-state index contributed by atoms with van der Waals surface area (Å²) in [5, 5.41) is 6.69. The number of aryl methyl sites for hydroxylation is 8. The molecule has 0 aliphatic carbocycles. The molecule has 0 radical (unpaired) electrons. The van der Waals surface area contributed by atoms with Crippen molar-refractivity contribution in [1.82, 2.24) is 0 Å². The molecule has 10 aromatic rings. The van der Waals surface area contributed by atoms with Crippen LogP contribution in [0.3, 0.4) is 0 Å². The highest BCUT2D eigenvalue weighted by Crippen LogP contribution is 2.59. The molecule has 0 bridgehead atoms. The molecule has 0 heterocycles. The normalized spacial score (nSPS) is 11.7. The van der Waals surface area contributed by atoms with Gasteiger partial charge in [-0.3, -0.25) is 0 Å². The predicted octanol–water partition coefficient (Wildman–Crippen LogP) is 16.2. The molecule has 0 spiro atoms.